The first-order valence-electron chi connectivity index (χ1n) is 11.2. The summed E-state index contributed by atoms with van der Waals surface area (Å²) >= 11 is 13.0. The van der Waals surface area contributed by atoms with E-state index in [-0.39, 0.29) is 6.61 Å². The molecule has 1 N–H and O–H groups in total. The molecule has 1 saturated carbocycles. The van der Waals surface area contributed by atoms with Crippen molar-refractivity contribution in [1.29, 1.82) is 0 Å². The van der Waals surface area contributed by atoms with Gasteiger partial charge in [0.25, 0.3) is 0 Å². The van der Waals surface area contributed by atoms with Gasteiger partial charge in [0.1, 0.15) is 23.6 Å². The third-order valence-electron chi connectivity index (χ3n) is 4.94. The van der Waals surface area contributed by atoms with Crippen LogP contribution >= 0.6 is 23.2 Å². The van der Waals surface area contributed by atoms with Crippen LogP contribution in [0.3, 0.4) is 0 Å². The van der Waals surface area contributed by atoms with Crippen molar-refractivity contribution in [2.45, 2.75) is 64.8 Å². The molecular formula is C25H32Cl2N2O4. The third kappa shape index (κ3) is 8.29. The number of carbonyl (C=O) groups excluding carboxylic acids is 1. The van der Waals surface area contributed by atoms with Crippen LogP contribution in [0.2, 0.25) is 10.0 Å². The highest BCUT2D eigenvalue weighted by molar-refractivity contribution is 6.34. The number of nitrogens with one attached hydrogen (secondary N) is 1. The number of hydroxylamine groups is 1. The summed E-state index contributed by atoms with van der Waals surface area (Å²) in [6.45, 7) is 6.25. The molecule has 1 aliphatic carbocycles. The number of para-hydroxylation sites is 2. The monoisotopic (exact) mass is 494 g/mol. The van der Waals surface area contributed by atoms with E-state index < -0.39 is 11.7 Å². The van der Waals surface area contributed by atoms with Gasteiger partial charge >= 0.3 is 6.09 Å². The highest BCUT2D eigenvalue weighted by Gasteiger charge is 2.25. The first-order chi connectivity index (χ1) is 15.6. The van der Waals surface area contributed by atoms with Crippen LogP contribution in [-0.4, -0.2) is 31.4 Å². The Morgan fingerprint density at radius 1 is 1.12 bits per heavy atom. The van der Waals surface area contributed by atoms with Crippen molar-refractivity contribution in [2.24, 2.45) is 0 Å². The van der Waals surface area contributed by atoms with Gasteiger partial charge in [0.05, 0.1) is 6.10 Å². The van der Waals surface area contributed by atoms with E-state index in [2.05, 4.69) is 5.32 Å². The Morgan fingerprint density at radius 3 is 2.48 bits per heavy atom. The number of ether oxygens (including phenoxy) is 2. The highest BCUT2D eigenvalue weighted by Crippen LogP contribution is 2.34. The van der Waals surface area contributed by atoms with Gasteiger partial charge in [-0.15, -0.1) is 0 Å². The molecule has 180 valence electrons. The smallest absolute Gasteiger partial charge is 0.407 e. The van der Waals surface area contributed by atoms with Crippen LogP contribution in [0.25, 0.3) is 0 Å². The molecule has 1 fully saturated rings. The minimum absolute atomic E-state index is 0.271. The zero-order chi connectivity index (χ0) is 24.0. The number of anilines is 1. The molecule has 0 radical (unpaired) electrons. The van der Waals surface area contributed by atoms with Crippen LogP contribution in [-0.2, 0) is 22.6 Å². The van der Waals surface area contributed by atoms with Crippen LogP contribution < -0.4 is 15.1 Å². The largest absolute Gasteiger partial charge is 0.488 e. The van der Waals surface area contributed by atoms with Gasteiger partial charge in [0.2, 0.25) is 0 Å². The number of aryl methyl sites for hydroxylation is 1. The van der Waals surface area contributed by atoms with Crippen LogP contribution in [0.4, 0.5) is 10.5 Å². The number of rotatable bonds is 10. The molecule has 0 aliphatic heterocycles. The fourth-order valence-corrected chi connectivity index (χ4v) is 3.65. The number of carbonyl (C=O) groups is 1. The van der Waals surface area contributed by atoms with E-state index in [1.165, 1.54) is 0 Å². The fourth-order valence-electron chi connectivity index (χ4n) is 3.13. The topological polar surface area (TPSA) is 60.0 Å². The SMILES string of the molecule is CN(OCc1cc(Cl)c(CCCNC(=O)OC(C)(C)C)cc1Cl)c1ccccc1OC1CC1. The molecule has 1 aliphatic rings. The minimum atomic E-state index is -0.515. The Balaban J connectivity index is 1.51. The molecule has 6 nitrogen and oxygen atoms in total. The number of nitrogens with zero attached hydrogens (tertiary/aromatic N) is 1. The highest BCUT2D eigenvalue weighted by atomic mass is 35.5. The van der Waals surface area contributed by atoms with Crippen molar-refractivity contribution in [3.63, 3.8) is 0 Å². The average molecular weight is 495 g/mol. The van der Waals surface area contributed by atoms with E-state index in [9.17, 15) is 4.79 Å². The summed E-state index contributed by atoms with van der Waals surface area (Å²) in [4.78, 5) is 17.7. The Labute approximate surface area is 206 Å². The summed E-state index contributed by atoms with van der Waals surface area (Å²) < 4.78 is 11.2. The van der Waals surface area contributed by atoms with E-state index in [0.717, 1.165) is 35.4 Å². The first kappa shape index (κ1) is 25.5. The number of alkyl carbamates (subject to hydrolysis) is 1. The van der Waals surface area contributed by atoms with E-state index in [1.54, 1.807) is 5.06 Å². The summed E-state index contributed by atoms with van der Waals surface area (Å²) in [5, 5.41) is 5.65. The maximum Gasteiger partial charge on any atom is 0.407 e. The van der Waals surface area contributed by atoms with Gasteiger partial charge in [-0.2, -0.15) is 0 Å². The number of amides is 1. The molecule has 0 saturated heterocycles. The predicted molar refractivity (Wildman–Crippen MR) is 132 cm³/mol. The summed E-state index contributed by atoms with van der Waals surface area (Å²) in [5.41, 5.74) is 2.07. The predicted octanol–water partition coefficient (Wildman–Crippen LogP) is 6.56. The van der Waals surface area contributed by atoms with Gasteiger partial charge in [0.15, 0.2) is 0 Å². The molecular weight excluding hydrogens is 463 g/mol. The minimum Gasteiger partial charge on any atom is -0.488 e. The van der Waals surface area contributed by atoms with Crippen LogP contribution in [0.15, 0.2) is 36.4 Å². The second-order valence-electron chi connectivity index (χ2n) is 9.12. The Bertz CT molecular complexity index is 958. The van der Waals surface area contributed by atoms with Gasteiger partial charge in [0, 0.05) is 29.2 Å². The zero-order valence-electron chi connectivity index (χ0n) is 19.6. The van der Waals surface area contributed by atoms with Crippen LogP contribution in [0, 0.1) is 0 Å². The van der Waals surface area contributed by atoms with Crippen LogP contribution in [0.5, 0.6) is 5.75 Å². The van der Waals surface area contributed by atoms with E-state index in [0.29, 0.717) is 35.5 Å². The number of hydrogen-bond acceptors (Lipinski definition) is 5. The number of hydrogen-bond donors (Lipinski definition) is 1. The summed E-state index contributed by atoms with van der Waals surface area (Å²) in [6, 6.07) is 11.5. The molecule has 0 atom stereocenters. The molecule has 33 heavy (non-hydrogen) atoms. The van der Waals surface area contributed by atoms with Crippen molar-refractivity contribution >= 4 is 35.0 Å². The Hall–Kier alpha value is -2.15. The van der Waals surface area contributed by atoms with E-state index >= 15 is 0 Å². The summed E-state index contributed by atoms with van der Waals surface area (Å²) in [5.74, 6) is 0.807. The molecule has 0 bridgehead atoms. The van der Waals surface area contributed by atoms with Gasteiger partial charge in [-0.1, -0.05) is 35.3 Å². The van der Waals surface area contributed by atoms with Crippen molar-refractivity contribution in [3.05, 3.63) is 57.6 Å². The maximum atomic E-state index is 11.7. The third-order valence-corrected chi connectivity index (χ3v) is 5.65. The lowest BCUT2D eigenvalue weighted by Gasteiger charge is -2.22. The molecule has 2 aromatic rings. The van der Waals surface area contributed by atoms with Crippen molar-refractivity contribution in [1.82, 2.24) is 5.32 Å². The van der Waals surface area contributed by atoms with Crippen molar-refractivity contribution < 1.29 is 19.1 Å². The standard InChI is InChI=1S/C25H32Cl2N2O4/c1-25(2,3)33-24(30)28-13-7-8-17-14-21(27)18(15-20(17)26)16-31-29(4)22-9-5-6-10-23(22)32-19-11-12-19/h5-6,9-10,14-15,19H,7-8,11-13,16H2,1-4H3,(H,28,30). The van der Waals surface area contributed by atoms with Gasteiger partial charge in [-0.05, 0) is 76.3 Å². The Kier molecular flexibility index (Phi) is 8.74. The molecule has 2 aromatic carbocycles. The molecule has 0 aromatic heterocycles. The molecule has 1 amide bonds. The second-order valence-corrected chi connectivity index (χ2v) is 9.94. The number of halogens is 2. The maximum absolute atomic E-state index is 11.7. The molecule has 0 unspecified atom stereocenters. The van der Waals surface area contributed by atoms with E-state index in [4.69, 9.17) is 37.5 Å². The summed E-state index contributed by atoms with van der Waals surface area (Å²) in [7, 11) is 1.84. The van der Waals surface area contributed by atoms with E-state index in [1.807, 2.05) is 64.2 Å². The molecule has 0 heterocycles. The van der Waals surface area contributed by atoms with Crippen molar-refractivity contribution in [3.8, 4) is 5.75 Å². The second kappa shape index (κ2) is 11.3. The van der Waals surface area contributed by atoms with Gasteiger partial charge in [-0.3, -0.25) is 9.90 Å². The zero-order valence-corrected chi connectivity index (χ0v) is 21.1. The van der Waals surface area contributed by atoms with Gasteiger partial charge in [-0.25, -0.2) is 4.79 Å². The normalized spacial score (nSPS) is 13.5. The lowest BCUT2D eigenvalue weighted by Crippen LogP contribution is -2.33. The molecule has 3 rings (SSSR count). The van der Waals surface area contributed by atoms with Gasteiger partial charge < -0.3 is 14.8 Å². The molecule has 8 heteroatoms. The number of benzene rings is 2. The quantitative estimate of drug-likeness (QED) is 0.299. The lowest BCUT2D eigenvalue weighted by molar-refractivity contribution is 0.0527. The van der Waals surface area contributed by atoms with Crippen LogP contribution in [0.1, 0.15) is 51.2 Å². The summed E-state index contributed by atoms with van der Waals surface area (Å²) in [6.07, 6.45) is 3.46. The first-order valence-corrected chi connectivity index (χ1v) is 11.9. The Morgan fingerprint density at radius 2 is 1.79 bits per heavy atom. The van der Waals surface area contributed by atoms with Crippen molar-refractivity contribution in [2.75, 3.05) is 18.7 Å². The average Bonchev–Trinajstić information content (AvgIpc) is 3.55. The lowest BCUT2D eigenvalue weighted by atomic mass is 10.1. The fraction of sp³-hybridized carbons (Fsp3) is 0.480. The molecule has 0 spiro atoms.